The second-order valence-corrected chi connectivity index (χ2v) is 17.8. The van der Waals surface area contributed by atoms with Gasteiger partial charge in [-0.2, -0.15) is 19.6 Å². The molecule has 2 aliphatic heterocycles. The molecule has 4 aromatic carbocycles. The fourth-order valence-corrected chi connectivity index (χ4v) is 9.00. The monoisotopic (exact) mass is 983 g/mol. The summed E-state index contributed by atoms with van der Waals surface area (Å²) < 4.78 is 33.4. The summed E-state index contributed by atoms with van der Waals surface area (Å²) in [5.74, 6) is -0.290. The predicted molar refractivity (Wildman–Crippen MR) is 263 cm³/mol. The molecule has 8 aromatic rings. The molecule has 68 heavy (non-hydrogen) atoms. The number of anilines is 6. The number of para-hydroxylation sites is 1. The van der Waals surface area contributed by atoms with Crippen LogP contribution in [0.4, 0.5) is 43.7 Å². The lowest BCUT2D eigenvalue weighted by molar-refractivity contribution is -0.113. The lowest BCUT2D eigenvalue weighted by atomic mass is 10.0. The minimum atomic E-state index is -1.02. The van der Waals surface area contributed by atoms with Gasteiger partial charge in [-0.15, -0.1) is 0 Å². The normalized spacial score (nSPS) is 14.8. The fraction of sp³-hybridized carbons (Fsp3) is 0.271. The van der Waals surface area contributed by atoms with Crippen molar-refractivity contribution in [3.05, 3.63) is 125 Å². The Bertz CT molecular complexity index is 3180. The third-order valence-corrected chi connectivity index (χ3v) is 12.8. The number of rotatable bonds is 14. The Balaban J connectivity index is 0.764. The van der Waals surface area contributed by atoms with Gasteiger partial charge >= 0.3 is 0 Å². The Morgan fingerprint density at radius 2 is 1.66 bits per heavy atom. The zero-order valence-electron chi connectivity index (χ0n) is 37.2. The molecule has 6 heterocycles. The van der Waals surface area contributed by atoms with Gasteiger partial charge in [-0.25, -0.2) is 23.7 Å². The van der Waals surface area contributed by atoms with Crippen LogP contribution in [0.2, 0.25) is 0 Å². The van der Waals surface area contributed by atoms with Crippen LogP contribution in [0.3, 0.4) is 0 Å². The number of H-pyrrole nitrogens is 1. The van der Waals surface area contributed by atoms with E-state index in [0.29, 0.717) is 106 Å². The zero-order valence-corrected chi connectivity index (χ0v) is 38.8. The van der Waals surface area contributed by atoms with E-state index in [0.717, 1.165) is 43.4 Å². The Morgan fingerprint density at radius 3 is 2.49 bits per heavy atom. The number of amides is 1. The number of hydrogen-bond donors (Lipinski definition) is 5. The van der Waals surface area contributed by atoms with Crippen molar-refractivity contribution >= 4 is 84.3 Å². The zero-order chi connectivity index (χ0) is 46.9. The summed E-state index contributed by atoms with van der Waals surface area (Å²) in [7, 11) is 0. The van der Waals surface area contributed by atoms with Gasteiger partial charge in [0.05, 0.1) is 51.7 Å². The highest BCUT2D eigenvalue weighted by Crippen LogP contribution is 2.33. The molecule has 0 unspecified atom stereocenters. The number of aliphatic hydroxyl groups excluding tert-OH is 1. The van der Waals surface area contributed by atoms with Crippen LogP contribution in [0.25, 0.3) is 38.7 Å². The Labute approximate surface area is 398 Å². The molecule has 1 amide bonds. The molecule has 0 radical (unpaired) electrons. The average Bonchev–Trinajstić information content (AvgIpc) is 3.94. The van der Waals surface area contributed by atoms with Crippen molar-refractivity contribution in [2.75, 3.05) is 97.8 Å². The number of aromatic amines is 1. The van der Waals surface area contributed by atoms with Gasteiger partial charge in [0, 0.05) is 93.9 Å². The first kappa shape index (κ1) is 44.7. The van der Waals surface area contributed by atoms with Crippen molar-refractivity contribution in [3.63, 3.8) is 0 Å². The van der Waals surface area contributed by atoms with E-state index in [4.69, 9.17) is 19.9 Å². The first-order valence-corrected chi connectivity index (χ1v) is 23.1. The van der Waals surface area contributed by atoms with Crippen LogP contribution < -0.4 is 25.8 Å². The number of hydrogen-bond acceptors (Lipinski definition) is 14. The first-order valence-electron chi connectivity index (χ1n) is 22.3. The number of fused-ring (bicyclic) bond motifs is 3. The number of aromatic nitrogens is 8. The average molecular weight is 985 g/mol. The van der Waals surface area contributed by atoms with Crippen LogP contribution in [0.5, 0.6) is 0 Å². The van der Waals surface area contributed by atoms with Gasteiger partial charge in [0.2, 0.25) is 17.8 Å². The number of carbonyl (C=O) groups excluding carboxylic acids is 1. The lowest BCUT2D eigenvalue weighted by Gasteiger charge is -2.36. The van der Waals surface area contributed by atoms with E-state index in [2.05, 4.69) is 74.3 Å². The maximum absolute atomic E-state index is 15.5. The minimum Gasteiger partial charge on any atom is -0.395 e. The van der Waals surface area contributed by atoms with Crippen molar-refractivity contribution in [2.45, 2.75) is 13.5 Å². The van der Waals surface area contributed by atoms with Crippen molar-refractivity contribution in [1.82, 2.24) is 49.3 Å². The van der Waals surface area contributed by atoms with E-state index in [1.54, 1.807) is 23.0 Å². The number of carbonyl (C=O) groups is 1. The molecule has 2 fully saturated rings. The smallest absolute Gasteiger partial charge is 0.252 e. The third-order valence-electron chi connectivity index (χ3n) is 12.3. The molecule has 2 aliphatic rings. The number of piperazine rings is 2. The number of benzene rings is 4. The quantitative estimate of drug-likeness (QED) is 0.0722. The Kier molecular flexibility index (Phi) is 12.6. The number of imidazole rings is 1. The summed E-state index contributed by atoms with van der Waals surface area (Å²) >= 11 is 3.59. The molecule has 0 saturated carbocycles. The van der Waals surface area contributed by atoms with Crippen molar-refractivity contribution in [1.29, 1.82) is 0 Å². The number of halogens is 3. The molecule has 0 atom stereocenters. The van der Waals surface area contributed by atoms with Gasteiger partial charge in [0.1, 0.15) is 5.82 Å². The second-order valence-electron chi connectivity index (χ2n) is 16.9. The molecule has 0 bridgehead atoms. The van der Waals surface area contributed by atoms with Crippen LogP contribution in [0, 0.1) is 18.6 Å². The Morgan fingerprint density at radius 1 is 0.868 bits per heavy atom. The molecule has 10 rings (SSSR count). The topological polar surface area (TPSA) is 184 Å². The molecular weight excluding hydrogens is 937 g/mol. The summed E-state index contributed by atoms with van der Waals surface area (Å²) in [5, 5.41) is 23.7. The van der Waals surface area contributed by atoms with Crippen LogP contribution >= 0.6 is 15.9 Å². The van der Waals surface area contributed by atoms with Crippen LogP contribution in [0.15, 0.2) is 102 Å². The molecule has 5 N–H and O–H groups in total. The molecule has 17 nitrogen and oxygen atoms in total. The molecule has 2 saturated heterocycles. The van der Waals surface area contributed by atoms with E-state index in [9.17, 15) is 9.90 Å². The van der Waals surface area contributed by atoms with Crippen LogP contribution in [-0.2, 0) is 11.3 Å². The van der Waals surface area contributed by atoms with Crippen molar-refractivity contribution < 1.29 is 18.7 Å². The van der Waals surface area contributed by atoms with E-state index in [1.165, 1.54) is 6.07 Å². The highest BCUT2D eigenvalue weighted by Gasteiger charge is 2.25. The SMILES string of the molecule is C=C(CN1CCN(c2nc(NCc3nc4ccc(C)cc4[nH]3)n3ncc(Br)c3n2)CC1)C(=O)Nc1cccc(-c2cccc3cnc(Nc4ccc(N5CCN(CCO)CC5)c(F)c4F)nc23)c1. The first-order chi connectivity index (χ1) is 33.1. The maximum atomic E-state index is 15.5. The van der Waals surface area contributed by atoms with E-state index >= 15 is 8.78 Å². The lowest BCUT2D eigenvalue weighted by Crippen LogP contribution is -2.48. The van der Waals surface area contributed by atoms with E-state index < -0.39 is 11.6 Å². The van der Waals surface area contributed by atoms with Crippen LogP contribution in [0.1, 0.15) is 11.4 Å². The molecule has 4 aromatic heterocycles. The highest BCUT2D eigenvalue weighted by atomic mass is 79.9. The van der Waals surface area contributed by atoms with Gasteiger partial charge in [0.15, 0.2) is 17.3 Å². The number of aryl methyl sites for hydroxylation is 1. The molecule has 0 spiro atoms. The minimum absolute atomic E-state index is 0.0564. The van der Waals surface area contributed by atoms with Gasteiger partial charge in [-0.05, 0) is 70.4 Å². The number of nitrogens with one attached hydrogen (secondary N) is 4. The maximum Gasteiger partial charge on any atom is 0.252 e. The third kappa shape index (κ3) is 9.39. The fourth-order valence-electron chi connectivity index (χ4n) is 8.65. The largest absolute Gasteiger partial charge is 0.395 e. The molecular formula is C48H48BrF2N15O2. The molecule has 0 aliphatic carbocycles. The van der Waals surface area contributed by atoms with Crippen molar-refractivity contribution in [2.24, 2.45) is 0 Å². The van der Waals surface area contributed by atoms with Gasteiger partial charge in [0.25, 0.3) is 5.91 Å². The number of aliphatic hydroxyl groups is 1. The summed E-state index contributed by atoms with van der Waals surface area (Å²) in [5.41, 5.74) is 6.89. The molecule has 348 valence electrons. The Hall–Kier alpha value is -7.13. The molecule has 20 heteroatoms. The summed E-state index contributed by atoms with van der Waals surface area (Å²) in [6, 6.07) is 22.3. The summed E-state index contributed by atoms with van der Waals surface area (Å²) in [6.07, 6.45) is 3.32. The van der Waals surface area contributed by atoms with E-state index in [-0.39, 0.29) is 29.8 Å². The summed E-state index contributed by atoms with van der Waals surface area (Å²) in [6.45, 7) is 12.5. The second kappa shape index (κ2) is 19.2. The van der Waals surface area contributed by atoms with Gasteiger partial charge < -0.3 is 35.8 Å². The van der Waals surface area contributed by atoms with Crippen LogP contribution in [-0.4, -0.2) is 132 Å². The standard InChI is InChI=1S/C48H48BrF2N15O2/c1-29-9-10-36-38(23-29)57-40(56-36)27-53-47-61-48(60-44-35(49)26-54-66(44)47)65-19-15-63(16-20-65)28-30(2)45(68)55-33-7-3-5-31(24-33)34-8-4-6-32-25-52-46(59-43(32)34)58-37-11-12-39(42(51)41(37)50)64-17-13-62(14-18-64)21-22-67/h3-12,23-26,67H,2,13-22,27-28H2,1H3,(H,55,68)(H,56,57)(H,52,58,59)(H,53,60,61). The van der Waals surface area contributed by atoms with Gasteiger partial charge in [-0.3, -0.25) is 14.6 Å². The summed E-state index contributed by atoms with van der Waals surface area (Å²) in [4.78, 5) is 48.7. The van der Waals surface area contributed by atoms with E-state index in [1.807, 2.05) is 66.4 Å². The van der Waals surface area contributed by atoms with Gasteiger partial charge in [-0.1, -0.05) is 43.0 Å². The van der Waals surface area contributed by atoms with Crippen molar-refractivity contribution in [3.8, 4) is 11.1 Å². The number of nitrogens with zero attached hydrogens (tertiary/aromatic N) is 11. The number of β-amino-alcohol motifs (C(OH)–C–C–N with tert-alkyl or cyclic N) is 1. The predicted octanol–water partition coefficient (Wildman–Crippen LogP) is 6.75. The highest BCUT2D eigenvalue weighted by molar-refractivity contribution is 9.10.